The molecule has 0 N–H and O–H groups in total. The van der Waals surface area contributed by atoms with Gasteiger partial charge in [0.2, 0.25) is 0 Å². The van der Waals surface area contributed by atoms with Crippen molar-refractivity contribution in [2.75, 3.05) is 23.0 Å². The highest BCUT2D eigenvalue weighted by molar-refractivity contribution is 8.00. The first-order valence-corrected chi connectivity index (χ1v) is 38.7. The van der Waals surface area contributed by atoms with Crippen LogP contribution in [0.3, 0.4) is 0 Å². The number of hydrogen-bond donors (Lipinski definition) is 0. The number of carbonyl (C=O) groups excluding carboxylic acids is 4. The van der Waals surface area contributed by atoms with Gasteiger partial charge in [0.05, 0.1) is 22.3 Å². The van der Waals surface area contributed by atoms with Crippen LogP contribution in [0.25, 0.3) is 43.1 Å². The fourth-order valence-electron chi connectivity index (χ4n) is 13.5. The number of imide groups is 2. The zero-order valence-corrected chi connectivity index (χ0v) is 57.2. The summed E-state index contributed by atoms with van der Waals surface area (Å²) in [4.78, 5) is 72.2. The summed E-state index contributed by atoms with van der Waals surface area (Å²) in [6, 6.07) is 9.03. The predicted molar refractivity (Wildman–Crippen MR) is 371 cm³/mol. The van der Waals surface area contributed by atoms with Gasteiger partial charge in [-0.2, -0.15) is 0 Å². The van der Waals surface area contributed by atoms with E-state index in [2.05, 4.69) is 79.7 Å². The second-order valence-corrected chi connectivity index (χ2v) is 29.5. The Morgan fingerprint density at radius 1 is 0.274 bits per heavy atom. The summed E-state index contributed by atoms with van der Waals surface area (Å²) in [5.74, 6) is 3.09. The minimum atomic E-state index is -0.161. The van der Waals surface area contributed by atoms with Gasteiger partial charge in [-0.3, -0.25) is 29.0 Å². The van der Waals surface area contributed by atoms with E-state index >= 15 is 19.2 Å². The van der Waals surface area contributed by atoms with Gasteiger partial charge in [-0.15, -0.1) is 47.0 Å². The molecule has 2 aliphatic heterocycles. The molecular formula is C74H110N2O4S4. The molecule has 2 aliphatic rings. The summed E-state index contributed by atoms with van der Waals surface area (Å²) >= 11 is 7.24. The maximum atomic E-state index is 16.2. The van der Waals surface area contributed by atoms with Crippen molar-refractivity contribution in [1.29, 1.82) is 0 Å². The number of hydrogen-bond acceptors (Lipinski definition) is 8. The number of benzene rings is 5. The molecule has 464 valence electrons. The fourth-order valence-corrected chi connectivity index (χ4v) is 17.9. The third-order valence-corrected chi connectivity index (χ3v) is 22.8. The van der Waals surface area contributed by atoms with Crippen LogP contribution >= 0.6 is 47.0 Å². The Balaban J connectivity index is 1.59. The second-order valence-electron chi connectivity index (χ2n) is 25.0. The minimum Gasteiger partial charge on any atom is -0.271 e. The van der Waals surface area contributed by atoms with Gasteiger partial charge < -0.3 is 0 Å². The normalized spacial score (nSPS) is 13.7. The van der Waals surface area contributed by atoms with Gasteiger partial charge >= 0.3 is 0 Å². The lowest BCUT2D eigenvalue weighted by molar-refractivity contribution is 0.0497. The largest absolute Gasteiger partial charge is 0.271 e. The quantitative estimate of drug-likeness (QED) is 0.0125. The minimum absolute atomic E-state index is 0.111. The average molecular weight is 1220 g/mol. The maximum Gasteiger partial charge on any atom is 0.262 e. The summed E-state index contributed by atoms with van der Waals surface area (Å²) in [5.41, 5.74) is 2.89. The predicted octanol–water partition coefficient (Wildman–Crippen LogP) is 24.2. The molecule has 5 aromatic rings. The Bertz CT molecular complexity index is 2520. The molecule has 7 rings (SSSR count). The highest BCUT2D eigenvalue weighted by Gasteiger charge is 2.44. The Labute approximate surface area is 526 Å². The summed E-state index contributed by atoms with van der Waals surface area (Å²) in [6.07, 6.45) is 39.0. The second kappa shape index (κ2) is 36.5. The Morgan fingerprint density at radius 2 is 0.476 bits per heavy atom. The number of unbranched alkanes of at least 4 members (excludes halogenated alkanes) is 24. The molecule has 0 atom stereocenters. The van der Waals surface area contributed by atoms with Crippen molar-refractivity contribution in [3.8, 4) is 0 Å². The molecule has 10 heteroatoms. The first kappa shape index (κ1) is 68.6. The van der Waals surface area contributed by atoms with Gasteiger partial charge in [0.25, 0.3) is 23.6 Å². The first-order valence-electron chi connectivity index (χ1n) is 34.8. The number of thioether (sulfide) groups is 4. The third-order valence-electron chi connectivity index (χ3n) is 18.3. The summed E-state index contributed by atoms with van der Waals surface area (Å²) < 4.78 is 0. The lowest BCUT2D eigenvalue weighted by Crippen LogP contribution is -2.47. The van der Waals surface area contributed by atoms with Crippen LogP contribution in [0.4, 0.5) is 0 Å². The van der Waals surface area contributed by atoms with E-state index in [9.17, 15) is 0 Å². The highest BCUT2D eigenvalue weighted by Crippen LogP contribution is 2.54. The average Bonchev–Trinajstić information content (AvgIpc) is 0.720. The van der Waals surface area contributed by atoms with E-state index in [4.69, 9.17) is 0 Å². The molecule has 0 bridgehead atoms. The summed E-state index contributed by atoms with van der Waals surface area (Å²) in [7, 11) is 0. The zero-order valence-electron chi connectivity index (χ0n) is 53.9. The Kier molecular flexibility index (Phi) is 29.8. The molecule has 4 amide bonds. The van der Waals surface area contributed by atoms with Crippen molar-refractivity contribution < 1.29 is 19.2 Å². The third kappa shape index (κ3) is 16.9. The first-order chi connectivity index (χ1) is 41.2. The van der Waals surface area contributed by atoms with Crippen molar-refractivity contribution in [3.05, 3.63) is 46.5 Å². The molecule has 0 aromatic heterocycles. The van der Waals surface area contributed by atoms with Crippen LogP contribution in [0.2, 0.25) is 0 Å². The van der Waals surface area contributed by atoms with Crippen LogP contribution in [-0.2, 0) is 0 Å². The van der Waals surface area contributed by atoms with E-state index in [-0.39, 0.29) is 35.7 Å². The molecule has 6 nitrogen and oxygen atoms in total. The molecule has 5 aromatic carbocycles. The van der Waals surface area contributed by atoms with Gasteiger partial charge in [-0.05, 0) is 131 Å². The lowest BCUT2D eigenvalue weighted by Gasteiger charge is -2.37. The van der Waals surface area contributed by atoms with Gasteiger partial charge in [-0.1, -0.05) is 235 Å². The summed E-state index contributed by atoms with van der Waals surface area (Å²) in [5, 5.41) is 7.82. The number of carbonyl (C=O) groups is 4. The topological polar surface area (TPSA) is 74.8 Å². The van der Waals surface area contributed by atoms with E-state index in [0.29, 0.717) is 0 Å². The molecule has 0 saturated carbocycles. The van der Waals surface area contributed by atoms with Crippen molar-refractivity contribution in [3.63, 3.8) is 0 Å². The number of fused-ring (bicyclic) bond motifs is 2. The molecule has 84 heavy (non-hydrogen) atoms. The van der Waals surface area contributed by atoms with Crippen LogP contribution in [-0.4, -0.2) is 68.5 Å². The molecule has 0 fully saturated rings. The Morgan fingerprint density at radius 3 is 0.679 bits per heavy atom. The highest BCUT2D eigenvalue weighted by atomic mass is 32.2. The lowest BCUT2D eigenvalue weighted by atomic mass is 9.81. The smallest absolute Gasteiger partial charge is 0.262 e. The fraction of sp³-hybridized carbons (Fsp3) is 0.676. The number of amides is 4. The molecule has 0 radical (unpaired) electrons. The maximum absolute atomic E-state index is 16.2. The van der Waals surface area contributed by atoms with E-state index < -0.39 is 0 Å². The number of nitrogens with zero attached hydrogens (tertiary/aromatic N) is 2. The van der Waals surface area contributed by atoms with Crippen molar-refractivity contribution in [1.82, 2.24) is 9.80 Å². The van der Waals surface area contributed by atoms with E-state index in [1.807, 2.05) is 47.0 Å². The summed E-state index contributed by atoms with van der Waals surface area (Å²) in [6.45, 7) is 18.0. The van der Waals surface area contributed by atoms with Crippen LogP contribution in [0.5, 0.6) is 0 Å². The Hall–Kier alpha value is -2.92. The standard InChI is InChI=1S/C74H110N2O4S4/c1-9-17-25-33-41-53(42-34-26-18-10-2)75-71(77)65-59(81-45-37-29-21-13-5)49-55-57-51-61(83-47-39-31-23-15-7)67-70-64(57)58(56-50-60(82-46-38-30-22-14-6)66(72(75)78)69(65)63(55)56)52-62(84-48-40-32-24-16-8)68(70)74(80)76(73(67)79)54(43-35-27-19-11-3)44-36-28-20-12-4/h49-54H,9-48H2,1-8H3. The monoisotopic (exact) mass is 1220 g/mol. The van der Waals surface area contributed by atoms with Crippen LogP contribution in [0.15, 0.2) is 43.8 Å². The van der Waals surface area contributed by atoms with Gasteiger partial charge in [0.15, 0.2) is 0 Å². The molecular weight excluding hydrogens is 1110 g/mol. The number of rotatable bonds is 46. The molecule has 2 heterocycles. The zero-order chi connectivity index (χ0) is 59.8. The SMILES string of the molecule is CCCCCCSc1cc2c3cc(SCCCCCC)c4c5c(c(SCCCCCC)cc(c6cc(SCCCCCC)c7c(c1C(=O)N(C(CCCCCC)CCCCCC)C7=O)c26)c53)C(=O)N(C(CCCCCC)CCCCCC)C4=O. The molecule has 0 aliphatic carbocycles. The van der Waals surface area contributed by atoms with Crippen molar-refractivity contribution in [2.24, 2.45) is 0 Å². The van der Waals surface area contributed by atoms with E-state index in [1.165, 1.54) is 25.7 Å². The van der Waals surface area contributed by atoms with E-state index in [1.54, 1.807) is 9.80 Å². The van der Waals surface area contributed by atoms with Gasteiger partial charge in [-0.25, -0.2) is 0 Å². The van der Waals surface area contributed by atoms with Crippen molar-refractivity contribution in [2.45, 2.75) is 318 Å². The van der Waals surface area contributed by atoms with Crippen LogP contribution < -0.4 is 0 Å². The molecule has 0 unspecified atom stereocenters. The van der Waals surface area contributed by atoms with Crippen molar-refractivity contribution >= 4 is 114 Å². The van der Waals surface area contributed by atoms with Crippen LogP contribution in [0, 0.1) is 0 Å². The van der Waals surface area contributed by atoms with Gasteiger partial charge in [0.1, 0.15) is 0 Å². The van der Waals surface area contributed by atoms with Crippen LogP contribution in [0.1, 0.15) is 328 Å². The molecule has 0 spiro atoms. The van der Waals surface area contributed by atoms with Gasteiger partial charge in [0, 0.05) is 42.4 Å². The van der Waals surface area contributed by atoms with E-state index in [0.717, 1.165) is 313 Å². The molecule has 0 saturated heterocycles.